The lowest BCUT2D eigenvalue weighted by Gasteiger charge is -2.34. The topological polar surface area (TPSA) is 96.7 Å². The molecule has 2 heterocycles. The molecule has 7 heteroatoms. The van der Waals surface area contributed by atoms with E-state index >= 15 is 0 Å². The van der Waals surface area contributed by atoms with Crippen molar-refractivity contribution in [3.63, 3.8) is 0 Å². The van der Waals surface area contributed by atoms with Crippen LogP contribution in [0.5, 0.6) is 0 Å². The molecule has 1 aliphatic rings. The highest BCUT2D eigenvalue weighted by Gasteiger charge is 2.42. The second-order valence-corrected chi connectivity index (χ2v) is 10.9. The minimum atomic E-state index is -1.21. The summed E-state index contributed by atoms with van der Waals surface area (Å²) in [6.07, 6.45) is 6.28. The number of rotatable bonds is 2. The Morgan fingerprint density at radius 2 is 1.94 bits per heavy atom. The molecule has 0 fully saturated rings. The predicted octanol–water partition coefficient (Wildman–Crippen LogP) is 4.88. The van der Waals surface area contributed by atoms with Crippen molar-refractivity contribution in [2.24, 2.45) is 17.3 Å². The van der Waals surface area contributed by atoms with Gasteiger partial charge in [-0.05, 0) is 50.7 Å². The van der Waals surface area contributed by atoms with Gasteiger partial charge in [0.15, 0.2) is 0 Å². The summed E-state index contributed by atoms with van der Waals surface area (Å²) in [6, 6.07) is 0. The molecule has 6 nitrogen and oxygen atoms in total. The Kier molecular flexibility index (Phi) is 10.0. The summed E-state index contributed by atoms with van der Waals surface area (Å²) in [7, 11) is 0. The molecule has 5 atom stereocenters. The molecule has 1 aliphatic heterocycles. The van der Waals surface area contributed by atoms with Crippen LogP contribution in [-0.4, -0.2) is 45.3 Å². The van der Waals surface area contributed by atoms with Crippen molar-refractivity contribution in [3.05, 3.63) is 33.8 Å². The Hall–Kier alpha value is -1.83. The summed E-state index contributed by atoms with van der Waals surface area (Å²) in [5, 5.41) is 24.4. The third-order valence-electron chi connectivity index (χ3n) is 6.68. The zero-order chi connectivity index (χ0) is 24.8. The molecule has 33 heavy (non-hydrogen) atoms. The molecule has 0 saturated carbocycles. The van der Waals surface area contributed by atoms with Gasteiger partial charge in [-0.3, -0.25) is 9.59 Å². The van der Waals surface area contributed by atoms with Crippen molar-refractivity contribution in [1.82, 2.24) is 4.98 Å². The monoisotopic (exact) mass is 477 g/mol. The van der Waals surface area contributed by atoms with Gasteiger partial charge in [0.1, 0.15) is 11.9 Å². The first-order chi connectivity index (χ1) is 15.4. The van der Waals surface area contributed by atoms with E-state index in [2.05, 4.69) is 11.1 Å². The lowest BCUT2D eigenvalue weighted by molar-refractivity contribution is -0.154. The van der Waals surface area contributed by atoms with E-state index in [1.165, 1.54) is 0 Å². The molecule has 0 aliphatic carbocycles. The van der Waals surface area contributed by atoms with Gasteiger partial charge < -0.3 is 14.9 Å². The highest BCUT2D eigenvalue weighted by atomic mass is 32.1. The van der Waals surface area contributed by atoms with Crippen molar-refractivity contribution in [2.75, 3.05) is 0 Å². The van der Waals surface area contributed by atoms with Gasteiger partial charge in [0.25, 0.3) is 0 Å². The Balaban J connectivity index is 2.27. The van der Waals surface area contributed by atoms with E-state index in [0.29, 0.717) is 6.42 Å². The van der Waals surface area contributed by atoms with Crippen molar-refractivity contribution in [1.29, 1.82) is 0 Å². The molecular weight excluding hydrogens is 438 g/mol. The van der Waals surface area contributed by atoms with Crippen LogP contribution in [0.4, 0.5) is 0 Å². The molecule has 0 amide bonds. The molecule has 0 saturated heterocycles. The molecule has 0 radical (unpaired) electrons. The van der Waals surface area contributed by atoms with E-state index in [0.717, 1.165) is 35.5 Å². The maximum Gasteiger partial charge on any atom is 0.309 e. The van der Waals surface area contributed by atoms with Gasteiger partial charge in [-0.1, -0.05) is 39.8 Å². The van der Waals surface area contributed by atoms with Crippen LogP contribution < -0.4 is 0 Å². The van der Waals surface area contributed by atoms with Crippen LogP contribution in [-0.2, 0) is 14.3 Å². The van der Waals surface area contributed by atoms with Crippen molar-refractivity contribution in [3.8, 4) is 0 Å². The highest BCUT2D eigenvalue weighted by Crippen LogP contribution is 2.32. The number of ether oxygens (including phenoxy) is 1. The number of allylic oxidation sites excluding steroid dienone is 1. The molecule has 2 rings (SSSR count). The van der Waals surface area contributed by atoms with E-state index < -0.39 is 35.6 Å². The van der Waals surface area contributed by atoms with Crippen molar-refractivity contribution < 1.29 is 24.5 Å². The highest BCUT2D eigenvalue weighted by molar-refractivity contribution is 7.09. The molecule has 0 spiro atoms. The van der Waals surface area contributed by atoms with E-state index in [4.69, 9.17) is 4.74 Å². The minimum absolute atomic E-state index is 0.0392. The third kappa shape index (κ3) is 7.59. The number of aliphatic hydroxyl groups is 2. The number of hydrogen-bond acceptors (Lipinski definition) is 7. The minimum Gasteiger partial charge on any atom is -0.457 e. The van der Waals surface area contributed by atoms with Gasteiger partial charge in [-0.15, -0.1) is 11.3 Å². The Bertz CT molecular complexity index is 872. The van der Waals surface area contributed by atoms with Gasteiger partial charge in [-0.25, -0.2) is 4.98 Å². The first-order valence-corrected chi connectivity index (χ1v) is 12.7. The van der Waals surface area contributed by atoms with E-state index in [1.54, 1.807) is 32.1 Å². The summed E-state index contributed by atoms with van der Waals surface area (Å²) in [4.78, 5) is 30.3. The van der Waals surface area contributed by atoms with Crippen LogP contribution in [0.3, 0.4) is 0 Å². The number of aryl methyl sites for hydroxylation is 1. The van der Waals surface area contributed by atoms with E-state index in [1.807, 2.05) is 38.3 Å². The molecule has 184 valence electrons. The molecule has 0 aromatic carbocycles. The van der Waals surface area contributed by atoms with Gasteiger partial charge in [0.2, 0.25) is 0 Å². The van der Waals surface area contributed by atoms with Gasteiger partial charge >= 0.3 is 5.97 Å². The molecule has 1 aromatic rings. The fraction of sp³-hybridized carbons (Fsp3) is 0.654. The van der Waals surface area contributed by atoms with Crippen LogP contribution in [0.2, 0.25) is 0 Å². The number of thiazole rings is 1. The Morgan fingerprint density at radius 1 is 1.24 bits per heavy atom. The van der Waals surface area contributed by atoms with Crippen LogP contribution in [0, 0.1) is 24.2 Å². The second kappa shape index (κ2) is 12.0. The number of ketones is 1. The van der Waals surface area contributed by atoms with Crippen LogP contribution in [0.15, 0.2) is 23.1 Å². The van der Waals surface area contributed by atoms with Gasteiger partial charge in [0.05, 0.1) is 34.7 Å². The maximum absolute atomic E-state index is 13.1. The number of aromatic nitrogens is 1. The number of cyclic esters (lactones) is 1. The SMILES string of the molecule is C/C(=C\c1csc(C)n1)[C@@H]1C/C=C\CCC[C@H](C)C(O)[C@@H](C)C(=O)C(C)(C)[C@@H](O)CC(=O)O1. The first-order valence-electron chi connectivity index (χ1n) is 11.8. The lowest BCUT2D eigenvalue weighted by atomic mass is 9.73. The fourth-order valence-corrected chi connectivity index (χ4v) is 4.75. The number of nitrogens with zero attached hydrogens (tertiary/aromatic N) is 1. The predicted molar refractivity (Wildman–Crippen MR) is 132 cm³/mol. The zero-order valence-corrected chi connectivity index (χ0v) is 21.5. The maximum atomic E-state index is 13.1. The summed E-state index contributed by atoms with van der Waals surface area (Å²) in [5.41, 5.74) is 0.513. The summed E-state index contributed by atoms with van der Waals surface area (Å²) >= 11 is 1.56. The summed E-state index contributed by atoms with van der Waals surface area (Å²) < 4.78 is 5.75. The van der Waals surface area contributed by atoms with Crippen LogP contribution in [0.25, 0.3) is 6.08 Å². The molecular formula is C26H39NO5S. The quantitative estimate of drug-likeness (QED) is 0.466. The lowest BCUT2D eigenvalue weighted by Crippen LogP contribution is -2.45. The number of Topliss-reactive ketones (excluding diaryl/α,β-unsaturated/α-hetero) is 1. The van der Waals surface area contributed by atoms with E-state index in [9.17, 15) is 19.8 Å². The van der Waals surface area contributed by atoms with E-state index in [-0.39, 0.29) is 18.1 Å². The number of carbonyl (C=O) groups excluding carboxylic acids is 2. The average Bonchev–Trinajstić information content (AvgIpc) is 3.16. The van der Waals surface area contributed by atoms with Gasteiger partial charge in [-0.2, -0.15) is 0 Å². The summed E-state index contributed by atoms with van der Waals surface area (Å²) in [5.74, 6) is -1.48. The zero-order valence-electron chi connectivity index (χ0n) is 20.7. The Labute approximate surface area is 201 Å². The van der Waals surface area contributed by atoms with Crippen molar-refractivity contribution >= 4 is 29.2 Å². The Morgan fingerprint density at radius 3 is 2.58 bits per heavy atom. The first kappa shape index (κ1) is 27.4. The second-order valence-electron chi connectivity index (χ2n) is 9.86. The molecule has 1 aromatic heterocycles. The van der Waals surface area contributed by atoms with Crippen LogP contribution >= 0.6 is 11.3 Å². The largest absolute Gasteiger partial charge is 0.457 e. The number of carbonyl (C=O) groups is 2. The smallest absolute Gasteiger partial charge is 0.309 e. The molecule has 1 unspecified atom stereocenters. The van der Waals surface area contributed by atoms with Crippen molar-refractivity contribution in [2.45, 2.75) is 92.0 Å². The standard InChI is InChI=1S/C26H39NO5S/c1-16-11-9-7-8-10-12-21(17(2)13-20-15-33-19(4)27-20)32-23(29)14-22(28)26(5,6)25(31)18(3)24(16)30/h8,10,13,15-16,18,21-22,24,28,30H,7,9,11-12,14H2,1-6H3/b10-8-,17-13+/t16-,18+,21-,22-,24?/m0/s1. The van der Waals surface area contributed by atoms with Crippen LogP contribution in [0.1, 0.15) is 77.4 Å². The third-order valence-corrected chi connectivity index (χ3v) is 7.47. The molecule has 0 bridgehead atoms. The molecule has 2 N–H and O–H groups in total. The summed E-state index contributed by atoms with van der Waals surface area (Å²) in [6.45, 7) is 10.8. The number of hydrogen-bond donors (Lipinski definition) is 2. The number of aliphatic hydroxyl groups excluding tert-OH is 2. The van der Waals surface area contributed by atoms with Gasteiger partial charge in [0, 0.05) is 17.7 Å². The number of esters is 1. The normalized spacial score (nSPS) is 31.8. The average molecular weight is 478 g/mol. The fourth-order valence-electron chi connectivity index (χ4n) is 4.18.